The molecule has 1 saturated carbocycles. The van der Waals surface area contributed by atoms with Gasteiger partial charge in [0.1, 0.15) is 17.5 Å². The lowest BCUT2D eigenvalue weighted by molar-refractivity contribution is 0.245. The van der Waals surface area contributed by atoms with E-state index in [-0.39, 0.29) is 5.82 Å². The number of fused-ring (bicyclic) bond motifs is 1. The summed E-state index contributed by atoms with van der Waals surface area (Å²) in [5, 5.41) is 10.1. The SMILES string of the molecule is Cc1cc(-c2nc(C#N)nc3[nH]ccc23)ccc1OCCC1CCCCC1. The van der Waals surface area contributed by atoms with Crippen LogP contribution in [0.15, 0.2) is 30.5 Å². The number of aromatic nitrogens is 3. The number of hydrogen-bond acceptors (Lipinski definition) is 4. The van der Waals surface area contributed by atoms with E-state index in [9.17, 15) is 5.26 Å². The fraction of sp³-hybridized carbons (Fsp3) is 0.409. The molecular formula is C22H24N4O. The Morgan fingerprint density at radius 2 is 2.04 bits per heavy atom. The topological polar surface area (TPSA) is 74.6 Å². The van der Waals surface area contributed by atoms with Crippen LogP contribution in [0.3, 0.4) is 0 Å². The molecule has 2 aromatic heterocycles. The highest BCUT2D eigenvalue weighted by Crippen LogP contribution is 2.30. The van der Waals surface area contributed by atoms with Gasteiger partial charge in [0.05, 0.1) is 12.3 Å². The van der Waals surface area contributed by atoms with E-state index in [1.807, 2.05) is 30.5 Å². The summed E-state index contributed by atoms with van der Waals surface area (Å²) in [7, 11) is 0. The number of nitriles is 1. The fourth-order valence-electron chi connectivity index (χ4n) is 3.98. The zero-order valence-corrected chi connectivity index (χ0v) is 15.7. The molecule has 0 bridgehead atoms. The van der Waals surface area contributed by atoms with Crippen LogP contribution in [0, 0.1) is 24.2 Å². The van der Waals surface area contributed by atoms with E-state index in [1.165, 1.54) is 32.1 Å². The molecule has 0 radical (unpaired) electrons. The third-order valence-corrected chi connectivity index (χ3v) is 5.47. The van der Waals surface area contributed by atoms with E-state index >= 15 is 0 Å². The first-order valence-electron chi connectivity index (χ1n) is 9.73. The first-order valence-corrected chi connectivity index (χ1v) is 9.73. The van der Waals surface area contributed by atoms with E-state index in [2.05, 4.69) is 27.9 Å². The van der Waals surface area contributed by atoms with Crippen LogP contribution >= 0.6 is 0 Å². The van der Waals surface area contributed by atoms with Gasteiger partial charge in [0.25, 0.3) is 0 Å². The average Bonchev–Trinajstić information content (AvgIpc) is 3.18. The minimum absolute atomic E-state index is 0.172. The summed E-state index contributed by atoms with van der Waals surface area (Å²) in [6.45, 7) is 2.83. The second-order valence-electron chi connectivity index (χ2n) is 7.37. The molecule has 1 fully saturated rings. The quantitative estimate of drug-likeness (QED) is 0.682. The lowest BCUT2D eigenvalue weighted by atomic mass is 9.87. The summed E-state index contributed by atoms with van der Waals surface area (Å²) >= 11 is 0. The van der Waals surface area contributed by atoms with Crippen molar-refractivity contribution in [2.45, 2.75) is 45.4 Å². The molecule has 5 nitrogen and oxygen atoms in total. The van der Waals surface area contributed by atoms with E-state index in [4.69, 9.17) is 4.74 Å². The van der Waals surface area contributed by atoms with Gasteiger partial charge in [-0.05, 0) is 49.1 Å². The monoisotopic (exact) mass is 360 g/mol. The number of aromatic amines is 1. The van der Waals surface area contributed by atoms with Crippen LogP contribution in [-0.2, 0) is 0 Å². The van der Waals surface area contributed by atoms with Crippen LogP contribution in [0.25, 0.3) is 22.3 Å². The van der Waals surface area contributed by atoms with Gasteiger partial charge >= 0.3 is 0 Å². The highest BCUT2D eigenvalue weighted by molar-refractivity contribution is 5.91. The minimum Gasteiger partial charge on any atom is -0.493 e. The molecule has 0 amide bonds. The smallest absolute Gasteiger partial charge is 0.234 e. The van der Waals surface area contributed by atoms with Crippen molar-refractivity contribution in [2.24, 2.45) is 5.92 Å². The van der Waals surface area contributed by atoms with Crippen LogP contribution in [0.2, 0.25) is 0 Å². The fourth-order valence-corrected chi connectivity index (χ4v) is 3.98. The summed E-state index contributed by atoms with van der Waals surface area (Å²) in [5.41, 5.74) is 3.50. The molecule has 0 unspecified atom stereocenters. The molecule has 0 spiro atoms. The molecule has 1 aromatic carbocycles. The highest BCUT2D eigenvalue weighted by atomic mass is 16.5. The van der Waals surface area contributed by atoms with Gasteiger partial charge in [-0.2, -0.15) is 5.26 Å². The molecule has 0 saturated heterocycles. The largest absolute Gasteiger partial charge is 0.493 e. The van der Waals surface area contributed by atoms with Crippen molar-refractivity contribution in [1.82, 2.24) is 15.0 Å². The van der Waals surface area contributed by atoms with Crippen LogP contribution in [0.5, 0.6) is 5.75 Å². The number of hydrogen-bond donors (Lipinski definition) is 1. The lowest BCUT2D eigenvalue weighted by Gasteiger charge is -2.21. The van der Waals surface area contributed by atoms with Crippen LogP contribution < -0.4 is 4.74 Å². The Labute approximate surface area is 159 Å². The van der Waals surface area contributed by atoms with Crippen molar-refractivity contribution in [3.63, 3.8) is 0 Å². The average molecular weight is 360 g/mol. The molecule has 138 valence electrons. The summed E-state index contributed by atoms with van der Waals surface area (Å²) < 4.78 is 6.06. The zero-order chi connectivity index (χ0) is 18.6. The van der Waals surface area contributed by atoms with Gasteiger partial charge < -0.3 is 9.72 Å². The van der Waals surface area contributed by atoms with Crippen molar-refractivity contribution in [1.29, 1.82) is 5.26 Å². The van der Waals surface area contributed by atoms with Crippen molar-refractivity contribution < 1.29 is 4.74 Å². The van der Waals surface area contributed by atoms with Crippen molar-refractivity contribution in [2.75, 3.05) is 6.61 Å². The Morgan fingerprint density at radius 3 is 2.81 bits per heavy atom. The number of aryl methyl sites for hydroxylation is 1. The van der Waals surface area contributed by atoms with E-state index in [0.717, 1.165) is 46.9 Å². The predicted molar refractivity (Wildman–Crippen MR) is 105 cm³/mol. The number of nitrogens with zero attached hydrogens (tertiary/aromatic N) is 3. The normalized spacial score (nSPS) is 15.0. The number of H-pyrrole nitrogens is 1. The van der Waals surface area contributed by atoms with E-state index < -0.39 is 0 Å². The molecule has 5 heteroatoms. The number of rotatable bonds is 5. The summed E-state index contributed by atoms with van der Waals surface area (Å²) in [4.78, 5) is 11.7. The summed E-state index contributed by atoms with van der Waals surface area (Å²) in [6.07, 6.45) is 9.79. The molecule has 1 N–H and O–H groups in total. The summed E-state index contributed by atoms with van der Waals surface area (Å²) in [5.74, 6) is 1.92. The standard InChI is InChI=1S/C22H24N4O/c1-15-13-17(21-18-9-11-24-22(18)26-20(14-23)25-21)7-8-19(15)27-12-10-16-5-3-2-4-6-16/h7-9,11,13,16H,2-6,10,12H2,1H3,(H,24,25,26). The van der Waals surface area contributed by atoms with Gasteiger partial charge in [0.2, 0.25) is 5.82 Å². The van der Waals surface area contributed by atoms with Gasteiger partial charge in [-0.1, -0.05) is 32.1 Å². The van der Waals surface area contributed by atoms with Crippen LogP contribution in [0.4, 0.5) is 0 Å². The van der Waals surface area contributed by atoms with Crippen molar-refractivity contribution in [3.05, 3.63) is 41.9 Å². The third-order valence-electron chi connectivity index (χ3n) is 5.47. The molecular weight excluding hydrogens is 336 g/mol. The third kappa shape index (κ3) is 3.80. The van der Waals surface area contributed by atoms with Gasteiger partial charge in [-0.15, -0.1) is 0 Å². The van der Waals surface area contributed by atoms with E-state index in [1.54, 1.807) is 0 Å². The number of benzene rings is 1. The molecule has 2 heterocycles. The summed E-state index contributed by atoms with van der Waals surface area (Å²) in [6, 6.07) is 10.1. The van der Waals surface area contributed by atoms with Crippen molar-refractivity contribution in [3.8, 4) is 23.1 Å². The Hall–Kier alpha value is -2.87. The van der Waals surface area contributed by atoms with Gasteiger partial charge in [-0.25, -0.2) is 9.97 Å². The number of ether oxygens (including phenoxy) is 1. The van der Waals surface area contributed by atoms with Crippen molar-refractivity contribution >= 4 is 11.0 Å². The Kier molecular flexibility index (Phi) is 5.06. The Bertz CT molecular complexity index is 980. The maximum Gasteiger partial charge on any atom is 0.234 e. The molecule has 4 rings (SSSR count). The Morgan fingerprint density at radius 1 is 1.19 bits per heavy atom. The second kappa shape index (κ2) is 7.79. The van der Waals surface area contributed by atoms with Crippen LogP contribution in [0.1, 0.15) is 49.9 Å². The lowest BCUT2D eigenvalue weighted by Crippen LogP contribution is -2.11. The maximum atomic E-state index is 9.20. The Balaban J connectivity index is 1.52. The molecule has 27 heavy (non-hydrogen) atoms. The predicted octanol–water partition coefficient (Wildman–Crippen LogP) is 5.15. The molecule has 1 aliphatic rings. The molecule has 0 aliphatic heterocycles. The first kappa shape index (κ1) is 17.5. The van der Waals surface area contributed by atoms with Crippen LogP contribution in [-0.4, -0.2) is 21.6 Å². The van der Waals surface area contributed by atoms with E-state index in [0.29, 0.717) is 5.65 Å². The van der Waals surface area contributed by atoms with Gasteiger partial charge in [0.15, 0.2) is 0 Å². The highest BCUT2D eigenvalue weighted by Gasteiger charge is 2.14. The number of nitrogens with one attached hydrogen (secondary N) is 1. The first-order chi connectivity index (χ1) is 13.2. The van der Waals surface area contributed by atoms with Gasteiger partial charge in [0, 0.05) is 17.1 Å². The second-order valence-corrected chi connectivity index (χ2v) is 7.37. The zero-order valence-electron chi connectivity index (χ0n) is 15.7. The molecule has 0 atom stereocenters. The maximum absolute atomic E-state index is 9.20. The minimum atomic E-state index is 0.172. The van der Waals surface area contributed by atoms with Gasteiger partial charge in [-0.3, -0.25) is 0 Å². The molecule has 1 aliphatic carbocycles. The molecule has 3 aromatic rings.